The molecule has 0 saturated carbocycles. The van der Waals surface area contributed by atoms with Crippen LogP contribution < -0.4 is 0 Å². The van der Waals surface area contributed by atoms with Gasteiger partial charge in [-0.05, 0) is 12.8 Å². The van der Waals surface area contributed by atoms with Crippen molar-refractivity contribution in [2.75, 3.05) is 26.4 Å². The van der Waals surface area contributed by atoms with Gasteiger partial charge in [-0.25, -0.2) is 0 Å². The molecule has 0 aromatic rings. The number of alkyl halides is 3. The van der Waals surface area contributed by atoms with E-state index in [-0.39, 0.29) is 6.10 Å². The summed E-state index contributed by atoms with van der Waals surface area (Å²) in [5.74, 6) is 0. The summed E-state index contributed by atoms with van der Waals surface area (Å²) in [4.78, 5) is 0. The predicted octanol–water partition coefficient (Wildman–Crippen LogP) is 4.16. The first-order chi connectivity index (χ1) is 12.0. The van der Waals surface area contributed by atoms with E-state index in [0.717, 1.165) is 12.0 Å². The van der Waals surface area contributed by atoms with E-state index in [2.05, 4.69) is 6.92 Å². The normalized spacial score (nSPS) is 27.4. The highest BCUT2D eigenvalue weighted by atomic mass is 19.4. The van der Waals surface area contributed by atoms with Crippen molar-refractivity contribution in [3.63, 3.8) is 0 Å². The Labute approximate surface area is 147 Å². The molecule has 0 N–H and O–H groups in total. The lowest BCUT2D eigenvalue weighted by atomic mass is 10.0. The molecule has 1 aliphatic carbocycles. The second kappa shape index (κ2) is 10.3. The van der Waals surface area contributed by atoms with Crippen LogP contribution in [-0.2, 0) is 18.9 Å². The molecule has 25 heavy (non-hydrogen) atoms. The second-order valence-corrected chi connectivity index (χ2v) is 6.32. The van der Waals surface area contributed by atoms with Crippen LogP contribution in [0, 0.1) is 0 Å². The van der Waals surface area contributed by atoms with Crippen LogP contribution >= 0.6 is 0 Å². The highest BCUT2D eigenvalue weighted by Crippen LogP contribution is 2.24. The Balaban J connectivity index is 1.63. The number of halogens is 3. The lowest BCUT2D eigenvalue weighted by Gasteiger charge is -2.31. The third-order valence-corrected chi connectivity index (χ3v) is 4.04. The molecule has 0 spiro atoms. The van der Waals surface area contributed by atoms with Crippen molar-refractivity contribution in [2.45, 2.75) is 63.7 Å². The van der Waals surface area contributed by atoms with Crippen LogP contribution in [0.2, 0.25) is 0 Å². The molecule has 2 rings (SSSR count). The fourth-order valence-electron chi connectivity index (χ4n) is 2.67. The maximum Gasteiger partial charge on any atom is 0.411 e. The summed E-state index contributed by atoms with van der Waals surface area (Å²) < 4.78 is 58.3. The molecule has 1 atom stereocenters. The van der Waals surface area contributed by atoms with Crippen LogP contribution in [0.5, 0.6) is 0 Å². The van der Waals surface area contributed by atoms with Gasteiger partial charge in [-0.15, -0.1) is 0 Å². The molecule has 7 heteroatoms. The largest absolute Gasteiger partial charge is 0.411 e. The van der Waals surface area contributed by atoms with E-state index in [1.165, 1.54) is 19.3 Å². The summed E-state index contributed by atoms with van der Waals surface area (Å²) in [7, 11) is 0. The van der Waals surface area contributed by atoms with Gasteiger partial charge in [-0.1, -0.05) is 44.4 Å². The highest BCUT2D eigenvalue weighted by molar-refractivity contribution is 5.27. The smallest absolute Gasteiger partial charge is 0.373 e. The minimum Gasteiger partial charge on any atom is -0.373 e. The zero-order chi connectivity index (χ0) is 18.1. The van der Waals surface area contributed by atoms with Gasteiger partial charge < -0.3 is 18.9 Å². The van der Waals surface area contributed by atoms with Gasteiger partial charge in [0, 0.05) is 12.2 Å². The molecule has 1 saturated heterocycles. The van der Waals surface area contributed by atoms with Gasteiger partial charge in [0.15, 0.2) is 6.29 Å². The summed E-state index contributed by atoms with van der Waals surface area (Å²) in [6.07, 6.45) is 4.72. The zero-order valence-electron chi connectivity index (χ0n) is 14.6. The van der Waals surface area contributed by atoms with Crippen LogP contribution in [0.15, 0.2) is 23.8 Å². The minimum atomic E-state index is -4.31. The maximum atomic E-state index is 12.1. The van der Waals surface area contributed by atoms with E-state index >= 15 is 0 Å². The summed E-state index contributed by atoms with van der Waals surface area (Å²) in [5.41, 5.74) is 0.813. The third kappa shape index (κ3) is 7.90. The first-order valence-corrected chi connectivity index (χ1v) is 8.89. The molecule has 1 fully saturated rings. The highest BCUT2D eigenvalue weighted by Gasteiger charge is 2.30. The molecule has 0 bridgehead atoms. The van der Waals surface area contributed by atoms with Crippen molar-refractivity contribution in [2.24, 2.45) is 0 Å². The number of hydrogen-bond donors (Lipinski definition) is 0. The lowest BCUT2D eigenvalue weighted by molar-refractivity contribution is -0.209. The number of ether oxygens (including phenoxy) is 4. The van der Waals surface area contributed by atoms with Crippen molar-refractivity contribution >= 4 is 0 Å². The average molecular weight is 364 g/mol. The molecule has 1 unspecified atom stereocenters. The Morgan fingerprint density at radius 1 is 1.12 bits per heavy atom. The Hall–Kier alpha value is -0.890. The van der Waals surface area contributed by atoms with Crippen molar-refractivity contribution in [3.8, 4) is 0 Å². The Bertz CT molecular complexity index is 440. The predicted molar refractivity (Wildman–Crippen MR) is 87.2 cm³/mol. The summed E-state index contributed by atoms with van der Waals surface area (Å²) in [6, 6.07) is 0. The summed E-state index contributed by atoms with van der Waals surface area (Å²) in [5, 5.41) is 0. The van der Waals surface area contributed by atoms with Crippen LogP contribution in [-0.4, -0.2) is 51.1 Å². The van der Waals surface area contributed by atoms with Gasteiger partial charge in [0.05, 0.1) is 19.3 Å². The number of unbranched alkanes of at least 4 members (excludes halogenated alkanes) is 3. The second-order valence-electron chi connectivity index (χ2n) is 6.32. The molecule has 4 nitrogen and oxygen atoms in total. The Morgan fingerprint density at radius 2 is 1.88 bits per heavy atom. The SMILES string of the molecule is CCCCCCOC1COC(C2=CCC(OCC(F)(F)F)C=C2)OC1. The molecule has 2 aliphatic rings. The minimum absolute atomic E-state index is 0.0612. The van der Waals surface area contributed by atoms with Crippen molar-refractivity contribution in [1.29, 1.82) is 0 Å². The van der Waals surface area contributed by atoms with Gasteiger partial charge in [0.2, 0.25) is 0 Å². The van der Waals surface area contributed by atoms with Crippen LogP contribution in [0.1, 0.15) is 39.0 Å². The molecule has 0 aromatic carbocycles. The quantitative estimate of drug-likeness (QED) is 0.576. The molecule has 0 amide bonds. The van der Waals surface area contributed by atoms with Gasteiger partial charge in [0.25, 0.3) is 0 Å². The summed E-state index contributed by atoms with van der Waals surface area (Å²) in [6.45, 7) is 2.56. The van der Waals surface area contributed by atoms with Gasteiger partial charge in [0.1, 0.15) is 12.7 Å². The monoisotopic (exact) mass is 364 g/mol. The lowest BCUT2D eigenvalue weighted by Crippen LogP contribution is -2.38. The van der Waals surface area contributed by atoms with E-state index in [0.29, 0.717) is 26.2 Å². The Morgan fingerprint density at radius 3 is 2.48 bits per heavy atom. The fraction of sp³-hybridized carbons (Fsp3) is 0.778. The number of hydrogen-bond acceptors (Lipinski definition) is 4. The molecule has 0 radical (unpaired) electrons. The van der Waals surface area contributed by atoms with Crippen molar-refractivity contribution in [1.82, 2.24) is 0 Å². The van der Waals surface area contributed by atoms with E-state index in [1.807, 2.05) is 0 Å². The molecular formula is C18H27F3O4. The molecular weight excluding hydrogens is 337 g/mol. The first kappa shape index (κ1) is 20.4. The van der Waals surface area contributed by atoms with Crippen LogP contribution in [0.25, 0.3) is 0 Å². The van der Waals surface area contributed by atoms with Gasteiger partial charge in [-0.2, -0.15) is 13.2 Å². The Kier molecular flexibility index (Phi) is 8.42. The molecule has 0 aromatic heterocycles. The van der Waals surface area contributed by atoms with Crippen molar-refractivity contribution in [3.05, 3.63) is 23.8 Å². The summed E-state index contributed by atoms with van der Waals surface area (Å²) >= 11 is 0. The van der Waals surface area contributed by atoms with E-state index in [9.17, 15) is 13.2 Å². The van der Waals surface area contributed by atoms with E-state index in [4.69, 9.17) is 18.9 Å². The first-order valence-electron chi connectivity index (χ1n) is 8.89. The van der Waals surface area contributed by atoms with Crippen LogP contribution in [0.4, 0.5) is 13.2 Å². The van der Waals surface area contributed by atoms with Crippen LogP contribution in [0.3, 0.4) is 0 Å². The molecule has 1 aliphatic heterocycles. The van der Waals surface area contributed by atoms with E-state index in [1.54, 1.807) is 18.2 Å². The van der Waals surface area contributed by atoms with E-state index < -0.39 is 25.2 Å². The van der Waals surface area contributed by atoms with Gasteiger partial charge in [-0.3, -0.25) is 0 Å². The molecule has 144 valence electrons. The molecule has 1 heterocycles. The number of rotatable bonds is 9. The standard InChI is InChI=1S/C18H27F3O4/c1-2-3-4-5-10-22-16-11-23-17(24-12-16)14-6-8-15(9-7-14)25-13-18(19,20)21/h6-8,15-17H,2-5,9-13H2,1H3. The fourth-order valence-corrected chi connectivity index (χ4v) is 2.67. The topological polar surface area (TPSA) is 36.9 Å². The zero-order valence-corrected chi connectivity index (χ0v) is 14.6. The average Bonchev–Trinajstić information content (AvgIpc) is 2.60. The maximum absolute atomic E-state index is 12.1. The van der Waals surface area contributed by atoms with Crippen molar-refractivity contribution < 1.29 is 32.1 Å². The van der Waals surface area contributed by atoms with Gasteiger partial charge >= 0.3 is 6.18 Å². The third-order valence-electron chi connectivity index (χ3n) is 4.04.